The van der Waals surface area contributed by atoms with Gasteiger partial charge in [0.2, 0.25) is 0 Å². The largest absolute Gasteiger partial charge is 0.377 e. The van der Waals surface area contributed by atoms with Crippen LogP contribution in [0.3, 0.4) is 0 Å². The van der Waals surface area contributed by atoms with Crippen LogP contribution in [0.15, 0.2) is 12.2 Å². The van der Waals surface area contributed by atoms with E-state index in [1.54, 1.807) is 0 Å². The molecule has 2 nitrogen and oxygen atoms in total. The number of piperidine rings is 1. The van der Waals surface area contributed by atoms with Crippen LogP contribution in [0.5, 0.6) is 0 Å². The average molecular weight is 183 g/mol. The van der Waals surface area contributed by atoms with Gasteiger partial charge in [0.15, 0.2) is 0 Å². The fourth-order valence-electron chi connectivity index (χ4n) is 1.64. The van der Waals surface area contributed by atoms with Crippen molar-refractivity contribution in [3.8, 4) is 0 Å². The molecule has 1 saturated heterocycles. The van der Waals surface area contributed by atoms with Crippen LogP contribution in [-0.4, -0.2) is 25.8 Å². The van der Waals surface area contributed by atoms with Crippen molar-refractivity contribution in [3.63, 3.8) is 0 Å². The fourth-order valence-corrected chi connectivity index (χ4v) is 1.64. The number of ether oxygens (including phenoxy) is 1. The lowest BCUT2D eigenvalue weighted by atomic mass is 10.0. The summed E-state index contributed by atoms with van der Waals surface area (Å²) in [5.41, 5.74) is 1.11. The van der Waals surface area contributed by atoms with Gasteiger partial charge in [-0.25, -0.2) is 0 Å². The Bertz CT molecular complexity index is 150. The van der Waals surface area contributed by atoms with E-state index < -0.39 is 0 Å². The Labute approximate surface area is 81.4 Å². The molecule has 13 heavy (non-hydrogen) atoms. The van der Waals surface area contributed by atoms with E-state index in [4.69, 9.17) is 4.74 Å². The molecule has 0 radical (unpaired) electrons. The maximum atomic E-state index is 5.46. The van der Waals surface area contributed by atoms with E-state index >= 15 is 0 Å². The van der Waals surface area contributed by atoms with E-state index in [1.165, 1.54) is 25.8 Å². The fraction of sp³-hybridized carbons (Fsp3) is 0.818. The van der Waals surface area contributed by atoms with Gasteiger partial charge in [-0.3, -0.25) is 0 Å². The Hall–Kier alpha value is -0.340. The molecule has 0 spiro atoms. The number of hydrogen-bond acceptors (Lipinski definition) is 2. The zero-order valence-electron chi connectivity index (χ0n) is 8.64. The topological polar surface area (TPSA) is 21.3 Å². The summed E-state index contributed by atoms with van der Waals surface area (Å²) < 4.78 is 5.46. The summed E-state index contributed by atoms with van der Waals surface area (Å²) in [6, 6.07) is 0.693. The van der Waals surface area contributed by atoms with Crippen LogP contribution >= 0.6 is 0 Å². The molecule has 0 saturated carbocycles. The molecule has 1 heterocycles. The summed E-state index contributed by atoms with van der Waals surface area (Å²) in [5, 5.41) is 3.50. The molecule has 0 bridgehead atoms. The molecule has 1 rings (SSSR count). The van der Waals surface area contributed by atoms with Crippen molar-refractivity contribution in [2.45, 2.75) is 38.6 Å². The van der Waals surface area contributed by atoms with Gasteiger partial charge >= 0.3 is 0 Å². The van der Waals surface area contributed by atoms with Gasteiger partial charge in [0, 0.05) is 12.6 Å². The summed E-state index contributed by atoms with van der Waals surface area (Å²) in [4.78, 5) is 0. The minimum atomic E-state index is 0.693. The van der Waals surface area contributed by atoms with Crippen LogP contribution in [0.25, 0.3) is 0 Å². The highest BCUT2D eigenvalue weighted by Crippen LogP contribution is 2.09. The maximum absolute atomic E-state index is 5.46. The molecular weight excluding hydrogens is 162 g/mol. The van der Waals surface area contributed by atoms with E-state index in [2.05, 4.69) is 11.9 Å². The van der Waals surface area contributed by atoms with Crippen molar-refractivity contribution in [3.05, 3.63) is 12.2 Å². The molecule has 76 valence electrons. The molecule has 1 atom stereocenters. The van der Waals surface area contributed by atoms with Gasteiger partial charge in [-0.15, -0.1) is 0 Å². The first-order chi connectivity index (χ1) is 6.29. The van der Waals surface area contributed by atoms with Crippen molar-refractivity contribution in [2.24, 2.45) is 0 Å². The Balaban J connectivity index is 1.95. The summed E-state index contributed by atoms with van der Waals surface area (Å²) in [6.45, 7) is 8.56. The molecule has 0 aromatic rings. The quantitative estimate of drug-likeness (QED) is 0.520. The van der Waals surface area contributed by atoms with Crippen LogP contribution in [0.4, 0.5) is 0 Å². The highest BCUT2D eigenvalue weighted by atomic mass is 16.5. The van der Waals surface area contributed by atoms with Crippen LogP contribution in [0.1, 0.15) is 32.6 Å². The van der Waals surface area contributed by atoms with Gasteiger partial charge in [0.1, 0.15) is 0 Å². The lowest BCUT2D eigenvalue weighted by molar-refractivity contribution is 0.140. The number of rotatable bonds is 5. The zero-order valence-corrected chi connectivity index (χ0v) is 8.64. The van der Waals surface area contributed by atoms with Crippen LogP contribution in [0.2, 0.25) is 0 Å². The standard InChI is InChI=1S/C11H21NO/c1-10(2)9-13-8-6-11-5-3-4-7-12-11/h11-12H,1,3-9H2,2H3/t11-/m0/s1. The predicted molar refractivity (Wildman–Crippen MR) is 55.9 cm³/mol. The normalized spacial score (nSPS) is 23.0. The second-order valence-electron chi connectivity index (χ2n) is 3.95. The van der Waals surface area contributed by atoms with E-state index in [0.29, 0.717) is 12.6 Å². The first kappa shape index (κ1) is 10.7. The minimum absolute atomic E-state index is 0.693. The monoisotopic (exact) mass is 183 g/mol. The Kier molecular flexibility index (Phi) is 5.09. The summed E-state index contributed by atoms with van der Waals surface area (Å²) in [6.07, 6.45) is 5.17. The van der Waals surface area contributed by atoms with Crippen LogP contribution in [0, 0.1) is 0 Å². The molecule has 0 unspecified atom stereocenters. The molecule has 1 aliphatic rings. The maximum Gasteiger partial charge on any atom is 0.0671 e. The highest BCUT2D eigenvalue weighted by molar-refractivity contribution is 4.87. The Morgan fingerprint density at radius 3 is 3.00 bits per heavy atom. The number of hydrogen-bond donors (Lipinski definition) is 1. The Morgan fingerprint density at radius 2 is 2.38 bits per heavy atom. The van der Waals surface area contributed by atoms with Gasteiger partial charge in [-0.05, 0) is 32.7 Å². The van der Waals surface area contributed by atoms with Crippen LogP contribution in [-0.2, 0) is 4.74 Å². The number of nitrogens with one attached hydrogen (secondary N) is 1. The first-order valence-electron chi connectivity index (χ1n) is 5.24. The second kappa shape index (κ2) is 6.17. The van der Waals surface area contributed by atoms with E-state index in [9.17, 15) is 0 Å². The zero-order chi connectivity index (χ0) is 9.52. The second-order valence-corrected chi connectivity index (χ2v) is 3.95. The van der Waals surface area contributed by atoms with Gasteiger partial charge < -0.3 is 10.1 Å². The molecule has 1 fully saturated rings. The van der Waals surface area contributed by atoms with E-state index in [-0.39, 0.29) is 0 Å². The van der Waals surface area contributed by atoms with E-state index in [1.807, 2.05) is 6.92 Å². The summed E-state index contributed by atoms with van der Waals surface area (Å²) in [5.74, 6) is 0. The van der Waals surface area contributed by atoms with Gasteiger partial charge in [0.05, 0.1) is 6.61 Å². The molecule has 0 aromatic carbocycles. The Morgan fingerprint density at radius 1 is 1.54 bits per heavy atom. The highest BCUT2D eigenvalue weighted by Gasteiger charge is 2.11. The third kappa shape index (κ3) is 5.06. The average Bonchev–Trinajstić information content (AvgIpc) is 2.14. The van der Waals surface area contributed by atoms with Crippen molar-refractivity contribution in [1.29, 1.82) is 0 Å². The third-order valence-corrected chi connectivity index (χ3v) is 2.37. The lowest BCUT2D eigenvalue weighted by Crippen LogP contribution is -2.34. The lowest BCUT2D eigenvalue weighted by Gasteiger charge is -2.23. The van der Waals surface area contributed by atoms with Crippen molar-refractivity contribution >= 4 is 0 Å². The molecule has 2 heteroatoms. The predicted octanol–water partition coefficient (Wildman–Crippen LogP) is 2.11. The van der Waals surface area contributed by atoms with Gasteiger partial charge in [-0.2, -0.15) is 0 Å². The molecule has 0 aromatic heterocycles. The SMILES string of the molecule is C=C(C)COCC[C@@H]1CCCCN1. The summed E-state index contributed by atoms with van der Waals surface area (Å²) in [7, 11) is 0. The molecule has 1 N–H and O–H groups in total. The van der Waals surface area contributed by atoms with Gasteiger partial charge in [-0.1, -0.05) is 18.6 Å². The molecule has 0 aliphatic carbocycles. The first-order valence-corrected chi connectivity index (χ1v) is 5.24. The molecule has 1 aliphatic heterocycles. The van der Waals surface area contributed by atoms with Crippen molar-refractivity contribution in [1.82, 2.24) is 5.32 Å². The van der Waals surface area contributed by atoms with Gasteiger partial charge in [0.25, 0.3) is 0 Å². The van der Waals surface area contributed by atoms with Crippen molar-refractivity contribution < 1.29 is 4.74 Å². The minimum Gasteiger partial charge on any atom is -0.377 e. The van der Waals surface area contributed by atoms with Crippen LogP contribution < -0.4 is 5.32 Å². The molecular formula is C11H21NO. The smallest absolute Gasteiger partial charge is 0.0671 e. The van der Waals surface area contributed by atoms with Crippen molar-refractivity contribution in [2.75, 3.05) is 19.8 Å². The van der Waals surface area contributed by atoms with E-state index in [0.717, 1.165) is 18.6 Å². The molecule has 0 amide bonds. The third-order valence-electron chi connectivity index (χ3n) is 2.37. The summed E-state index contributed by atoms with van der Waals surface area (Å²) >= 11 is 0.